The molecule has 0 spiro atoms. The van der Waals surface area contributed by atoms with Crippen LogP contribution in [0.2, 0.25) is 0 Å². The van der Waals surface area contributed by atoms with Crippen LogP contribution in [-0.2, 0) is 19.1 Å². The van der Waals surface area contributed by atoms with Crippen LogP contribution in [0.5, 0.6) is 0 Å². The Labute approximate surface area is 145 Å². The number of hydrogen-bond acceptors (Lipinski definition) is 7. The Balaban J connectivity index is 3.56. The van der Waals surface area contributed by atoms with Crippen LogP contribution >= 0.6 is 0 Å². The second kappa shape index (κ2) is 15.2. The molecule has 0 aliphatic rings. The van der Waals surface area contributed by atoms with Crippen molar-refractivity contribution in [2.45, 2.75) is 44.6 Å². The maximum Gasteiger partial charge on any atom is 0.406 e. The van der Waals surface area contributed by atoms with Gasteiger partial charge in [-0.15, -0.1) is 0 Å². The number of rotatable bonds is 14. The molecule has 0 heterocycles. The lowest BCUT2D eigenvalue weighted by Crippen LogP contribution is -2.38. The van der Waals surface area contributed by atoms with Crippen molar-refractivity contribution in [2.75, 3.05) is 48.0 Å². The van der Waals surface area contributed by atoms with Gasteiger partial charge in [-0.25, -0.2) is 10.3 Å². The zero-order valence-corrected chi connectivity index (χ0v) is 15.4. The predicted molar refractivity (Wildman–Crippen MR) is 91.6 cm³/mol. The molecule has 0 radical (unpaired) electrons. The van der Waals surface area contributed by atoms with Gasteiger partial charge in [-0.3, -0.25) is 4.79 Å². The average molecular weight is 347 g/mol. The van der Waals surface area contributed by atoms with Gasteiger partial charge in [0.1, 0.15) is 6.61 Å². The number of methoxy groups -OCH3 is 1. The van der Waals surface area contributed by atoms with Crippen LogP contribution in [0.25, 0.3) is 0 Å². The molecule has 0 rings (SSSR count). The van der Waals surface area contributed by atoms with Crippen molar-refractivity contribution < 1.29 is 23.9 Å². The van der Waals surface area contributed by atoms with Crippen molar-refractivity contribution >= 4 is 12.1 Å². The highest BCUT2D eigenvalue weighted by Gasteiger charge is 2.14. The highest BCUT2D eigenvalue weighted by molar-refractivity contribution is 5.69. The van der Waals surface area contributed by atoms with Crippen molar-refractivity contribution in [3.05, 3.63) is 0 Å². The zero-order valence-electron chi connectivity index (χ0n) is 15.4. The number of hydroxylamine groups is 1. The number of nitrogens with zero attached hydrogens (tertiary/aromatic N) is 1. The second-order valence-corrected chi connectivity index (χ2v) is 5.75. The van der Waals surface area contributed by atoms with E-state index in [1.54, 1.807) is 7.05 Å². The highest BCUT2D eigenvalue weighted by atomic mass is 16.6. The van der Waals surface area contributed by atoms with Gasteiger partial charge in [0.15, 0.2) is 0 Å². The normalized spacial score (nSPS) is 12.0. The van der Waals surface area contributed by atoms with E-state index >= 15 is 0 Å². The number of esters is 1. The van der Waals surface area contributed by atoms with E-state index in [0.717, 1.165) is 32.1 Å². The molecular weight excluding hydrogens is 314 g/mol. The monoisotopic (exact) mass is 347 g/mol. The Hall–Kier alpha value is -1.38. The maximum absolute atomic E-state index is 11.7. The van der Waals surface area contributed by atoms with E-state index in [2.05, 4.69) is 15.5 Å². The molecule has 0 aromatic carbocycles. The first-order chi connectivity index (χ1) is 11.5. The fourth-order valence-corrected chi connectivity index (χ4v) is 1.97. The van der Waals surface area contributed by atoms with Gasteiger partial charge in [0.05, 0.1) is 19.8 Å². The lowest BCUT2D eigenvalue weighted by Gasteiger charge is -2.23. The molecule has 24 heavy (non-hydrogen) atoms. The summed E-state index contributed by atoms with van der Waals surface area (Å²) in [7, 11) is 6.90. The smallest absolute Gasteiger partial charge is 0.406 e. The summed E-state index contributed by atoms with van der Waals surface area (Å²) >= 11 is 0. The lowest BCUT2D eigenvalue weighted by atomic mass is 10.1. The maximum atomic E-state index is 11.7. The molecule has 0 aromatic rings. The summed E-state index contributed by atoms with van der Waals surface area (Å²) in [5.74, 6) is -0.168. The van der Waals surface area contributed by atoms with Crippen molar-refractivity contribution in [3.8, 4) is 0 Å². The van der Waals surface area contributed by atoms with Crippen molar-refractivity contribution in [3.63, 3.8) is 0 Å². The minimum atomic E-state index is -0.395. The van der Waals surface area contributed by atoms with E-state index in [9.17, 15) is 9.59 Å². The van der Waals surface area contributed by atoms with Crippen LogP contribution < -0.4 is 10.8 Å². The third-order valence-corrected chi connectivity index (χ3v) is 3.60. The van der Waals surface area contributed by atoms with Crippen LogP contribution in [0, 0.1) is 0 Å². The quantitative estimate of drug-likeness (QED) is 0.278. The van der Waals surface area contributed by atoms with Gasteiger partial charge < -0.3 is 24.5 Å². The van der Waals surface area contributed by atoms with Crippen molar-refractivity contribution in [2.24, 2.45) is 0 Å². The Kier molecular flexibility index (Phi) is 14.3. The molecule has 0 saturated carbocycles. The van der Waals surface area contributed by atoms with Gasteiger partial charge in [0, 0.05) is 20.0 Å². The summed E-state index contributed by atoms with van der Waals surface area (Å²) in [6.45, 7) is 1.40. The minimum absolute atomic E-state index is 0.0312. The molecule has 1 atom stereocenters. The third-order valence-electron chi connectivity index (χ3n) is 3.60. The fourth-order valence-electron chi connectivity index (χ4n) is 1.97. The molecule has 0 fully saturated rings. The van der Waals surface area contributed by atoms with E-state index in [-0.39, 0.29) is 12.0 Å². The van der Waals surface area contributed by atoms with Crippen LogP contribution in [0.3, 0.4) is 0 Å². The summed E-state index contributed by atoms with van der Waals surface area (Å²) in [6.07, 6.45) is 4.81. The first-order valence-corrected chi connectivity index (χ1v) is 8.43. The van der Waals surface area contributed by atoms with Gasteiger partial charge in [0.25, 0.3) is 0 Å². The molecule has 0 aliphatic heterocycles. The molecule has 0 aromatic heterocycles. The largest absolute Gasteiger partial charge is 0.464 e. The first-order valence-electron chi connectivity index (χ1n) is 8.43. The number of ether oxygens (including phenoxy) is 2. The number of carbonyl (C=O) groups is 2. The minimum Gasteiger partial charge on any atom is -0.464 e. The van der Waals surface area contributed by atoms with Crippen LogP contribution in [-0.4, -0.2) is 71.0 Å². The average Bonchev–Trinajstić information content (AvgIpc) is 2.56. The number of hydrogen-bond donors (Lipinski definition) is 2. The summed E-state index contributed by atoms with van der Waals surface area (Å²) in [5.41, 5.74) is 2.62. The van der Waals surface area contributed by atoms with Gasteiger partial charge in [0.2, 0.25) is 0 Å². The summed E-state index contributed by atoms with van der Waals surface area (Å²) in [4.78, 5) is 29.7. The number of carbonyl (C=O) groups excluding carboxylic acids is 2. The Morgan fingerprint density at radius 1 is 1.04 bits per heavy atom. The van der Waals surface area contributed by atoms with Crippen molar-refractivity contribution in [1.82, 2.24) is 15.7 Å². The molecule has 0 unspecified atom stereocenters. The van der Waals surface area contributed by atoms with Crippen LogP contribution in [0.15, 0.2) is 0 Å². The Bertz CT molecular complexity index is 340. The molecule has 2 N–H and O–H groups in total. The van der Waals surface area contributed by atoms with Crippen LogP contribution in [0.4, 0.5) is 4.79 Å². The van der Waals surface area contributed by atoms with E-state index in [0.29, 0.717) is 26.2 Å². The number of likely N-dealkylation sites (N-methyl/N-ethyl adjacent to an activating group) is 1. The molecule has 1 amide bonds. The summed E-state index contributed by atoms with van der Waals surface area (Å²) < 4.78 is 9.78. The molecule has 0 aliphatic carbocycles. The number of amides is 1. The van der Waals surface area contributed by atoms with Gasteiger partial charge in [-0.2, -0.15) is 0 Å². The first kappa shape index (κ1) is 22.6. The zero-order chi connectivity index (χ0) is 18.2. The Morgan fingerprint density at radius 3 is 2.33 bits per heavy atom. The molecule has 8 nitrogen and oxygen atoms in total. The van der Waals surface area contributed by atoms with Gasteiger partial charge in [-0.1, -0.05) is 19.3 Å². The fraction of sp³-hybridized carbons (Fsp3) is 0.875. The molecule has 142 valence electrons. The molecule has 0 bridgehead atoms. The summed E-state index contributed by atoms with van der Waals surface area (Å²) in [6, 6.07) is 0.0312. The number of alkyl carbamates (subject to hydrolysis) is 1. The number of unbranched alkanes of at least 4 members (excludes halogenated alkanes) is 4. The van der Waals surface area contributed by atoms with Crippen LogP contribution in [0.1, 0.15) is 38.5 Å². The van der Waals surface area contributed by atoms with Gasteiger partial charge >= 0.3 is 12.1 Å². The van der Waals surface area contributed by atoms with Gasteiger partial charge in [-0.05, 0) is 26.9 Å². The lowest BCUT2D eigenvalue weighted by molar-refractivity contribution is -0.146. The molecular formula is C16H33N3O5. The standard InChI is InChI=1S/C16H33N3O5/c1-17-24-13-14(19(2)3)12-23-15(20)10-8-6-5-7-9-11-18-16(21)22-4/h14,17H,5-13H2,1-4H3,(H,18,21)/t14-/m1/s1. The predicted octanol–water partition coefficient (Wildman–Crippen LogP) is 1.31. The van der Waals surface area contributed by atoms with Crippen molar-refractivity contribution in [1.29, 1.82) is 0 Å². The molecule has 8 heteroatoms. The topological polar surface area (TPSA) is 89.1 Å². The Morgan fingerprint density at radius 2 is 1.71 bits per heavy atom. The highest BCUT2D eigenvalue weighted by Crippen LogP contribution is 2.06. The third kappa shape index (κ3) is 13.1. The summed E-state index contributed by atoms with van der Waals surface area (Å²) in [5, 5.41) is 2.64. The second-order valence-electron chi connectivity index (χ2n) is 5.75. The number of nitrogens with one attached hydrogen (secondary N) is 2. The van der Waals surface area contributed by atoms with E-state index < -0.39 is 6.09 Å². The SMILES string of the molecule is CNOC[C@@H](COC(=O)CCCCCCCNC(=O)OC)N(C)C. The molecule has 0 saturated heterocycles. The van der Waals surface area contributed by atoms with E-state index in [4.69, 9.17) is 9.57 Å². The van der Waals surface area contributed by atoms with E-state index in [1.807, 2.05) is 19.0 Å². The van der Waals surface area contributed by atoms with E-state index in [1.165, 1.54) is 7.11 Å².